The molecule has 1 atom stereocenters. The number of benzene rings is 1. The minimum atomic E-state index is -0.509. The van der Waals surface area contributed by atoms with E-state index in [-0.39, 0.29) is 17.7 Å². The summed E-state index contributed by atoms with van der Waals surface area (Å²) in [4.78, 5) is 12.2. The highest BCUT2D eigenvalue weighted by atomic mass is 79.9. The average Bonchev–Trinajstić information content (AvgIpc) is 2.37. The van der Waals surface area contributed by atoms with Crippen molar-refractivity contribution in [1.29, 1.82) is 0 Å². The Morgan fingerprint density at radius 3 is 2.63 bits per heavy atom. The average molecular weight is 328 g/mol. The summed E-state index contributed by atoms with van der Waals surface area (Å²) in [6, 6.07) is 4.92. The van der Waals surface area contributed by atoms with Gasteiger partial charge in [0.15, 0.2) is 5.84 Å². The lowest BCUT2D eigenvalue weighted by atomic mass is 10.0. The molecule has 0 fully saturated rings. The van der Waals surface area contributed by atoms with Crippen LogP contribution in [-0.2, 0) is 0 Å². The first-order valence-corrected chi connectivity index (χ1v) is 6.71. The monoisotopic (exact) mass is 327 g/mol. The number of aryl methyl sites for hydroxylation is 1. The van der Waals surface area contributed by atoms with Gasteiger partial charge in [-0.25, -0.2) is 0 Å². The fourth-order valence-electron chi connectivity index (χ4n) is 1.69. The third-order valence-corrected chi connectivity index (χ3v) is 3.88. The number of nitrogens with zero attached hydrogens (tertiary/aromatic N) is 1. The number of amidine groups is 1. The molecule has 1 aromatic rings. The molecule has 19 heavy (non-hydrogen) atoms. The van der Waals surface area contributed by atoms with Crippen molar-refractivity contribution in [3.05, 3.63) is 33.8 Å². The first-order valence-electron chi connectivity index (χ1n) is 5.91. The molecular formula is C13H18BrN3O2. The first kappa shape index (κ1) is 15.5. The molecule has 1 rings (SSSR count). The number of nitrogens with one attached hydrogen (secondary N) is 1. The Kier molecular flexibility index (Phi) is 5.35. The van der Waals surface area contributed by atoms with Crippen LogP contribution in [0.3, 0.4) is 0 Å². The van der Waals surface area contributed by atoms with Crippen molar-refractivity contribution in [1.82, 2.24) is 5.32 Å². The highest BCUT2D eigenvalue weighted by Gasteiger charge is 2.22. The summed E-state index contributed by atoms with van der Waals surface area (Å²) in [5, 5.41) is 14.5. The van der Waals surface area contributed by atoms with E-state index in [1.807, 2.05) is 32.9 Å². The summed E-state index contributed by atoms with van der Waals surface area (Å²) < 4.78 is 0.745. The lowest BCUT2D eigenvalue weighted by Crippen LogP contribution is -2.47. The van der Waals surface area contributed by atoms with Crippen molar-refractivity contribution < 1.29 is 10.0 Å². The van der Waals surface area contributed by atoms with Crippen molar-refractivity contribution in [2.24, 2.45) is 16.8 Å². The maximum absolute atomic E-state index is 12.2. The van der Waals surface area contributed by atoms with Gasteiger partial charge in [-0.1, -0.05) is 31.1 Å². The molecule has 104 valence electrons. The Morgan fingerprint density at radius 2 is 2.11 bits per heavy atom. The molecule has 0 bridgehead atoms. The number of halogens is 1. The van der Waals surface area contributed by atoms with E-state index in [4.69, 9.17) is 10.9 Å². The topological polar surface area (TPSA) is 87.7 Å². The summed E-state index contributed by atoms with van der Waals surface area (Å²) >= 11 is 3.39. The second-order valence-electron chi connectivity index (χ2n) is 4.66. The quantitative estimate of drug-likeness (QED) is 0.343. The zero-order chi connectivity index (χ0) is 14.6. The first-order chi connectivity index (χ1) is 8.88. The van der Waals surface area contributed by atoms with Gasteiger partial charge >= 0.3 is 0 Å². The molecule has 0 aliphatic carbocycles. The van der Waals surface area contributed by atoms with Gasteiger partial charge in [0.05, 0.1) is 11.6 Å². The van der Waals surface area contributed by atoms with E-state index in [1.165, 1.54) is 0 Å². The van der Waals surface area contributed by atoms with Crippen LogP contribution in [0.15, 0.2) is 27.8 Å². The molecule has 6 heteroatoms. The predicted octanol–water partition coefficient (Wildman–Crippen LogP) is 2.26. The Bertz CT molecular complexity index is 501. The third kappa shape index (κ3) is 3.70. The van der Waals surface area contributed by atoms with Gasteiger partial charge in [-0.15, -0.1) is 0 Å². The molecular weight excluding hydrogens is 310 g/mol. The van der Waals surface area contributed by atoms with Crippen LogP contribution in [0.25, 0.3) is 0 Å². The van der Waals surface area contributed by atoms with E-state index in [2.05, 4.69) is 26.4 Å². The van der Waals surface area contributed by atoms with Crippen LogP contribution in [0.2, 0.25) is 0 Å². The highest BCUT2D eigenvalue weighted by molar-refractivity contribution is 9.10. The molecule has 0 heterocycles. The van der Waals surface area contributed by atoms with Gasteiger partial charge in [0.2, 0.25) is 0 Å². The second-order valence-corrected chi connectivity index (χ2v) is 5.45. The van der Waals surface area contributed by atoms with Crippen molar-refractivity contribution in [3.8, 4) is 0 Å². The number of amides is 1. The Morgan fingerprint density at radius 1 is 1.47 bits per heavy atom. The van der Waals surface area contributed by atoms with E-state index in [0.717, 1.165) is 10.0 Å². The smallest absolute Gasteiger partial charge is 0.253 e. The molecule has 0 aliphatic rings. The third-order valence-electron chi connectivity index (χ3n) is 2.82. The van der Waals surface area contributed by atoms with Gasteiger partial charge in [-0.05, 0) is 40.4 Å². The normalized spacial score (nSPS) is 13.4. The van der Waals surface area contributed by atoms with Gasteiger partial charge < -0.3 is 16.3 Å². The van der Waals surface area contributed by atoms with Gasteiger partial charge in [-0.3, -0.25) is 4.79 Å². The van der Waals surface area contributed by atoms with Crippen molar-refractivity contribution in [3.63, 3.8) is 0 Å². The minimum absolute atomic E-state index is 0.00729. The summed E-state index contributed by atoms with van der Waals surface area (Å²) in [6.45, 7) is 5.67. The van der Waals surface area contributed by atoms with Gasteiger partial charge in [0.1, 0.15) is 0 Å². The number of hydrogen-bond donors (Lipinski definition) is 3. The van der Waals surface area contributed by atoms with E-state index in [1.54, 1.807) is 6.07 Å². The van der Waals surface area contributed by atoms with Crippen LogP contribution in [-0.4, -0.2) is 23.0 Å². The van der Waals surface area contributed by atoms with Crippen LogP contribution in [0.4, 0.5) is 0 Å². The van der Waals surface area contributed by atoms with E-state index in [0.29, 0.717) is 5.56 Å². The molecule has 0 radical (unpaired) electrons. The lowest BCUT2D eigenvalue weighted by Gasteiger charge is -2.21. The summed E-state index contributed by atoms with van der Waals surface area (Å²) in [6.07, 6.45) is 0. The number of rotatable bonds is 4. The zero-order valence-corrected chi connectivity index (χ0v) is 12.7. The molecule has 1 unspecified atom stereocenters. The largest absolute Gasteiger partial charge is 0.409 e. The molecule has 1 aromatic carbocycles. The lowest BCUT2D eigenvalue weighted by molar-refractivity contribution is 0.0938. The van der Waals surface area contributed by atoms with E-state index >= 15 is 0 Å². The molecule has 0 saturated carbocycles. The zero-order valence-electron chi connectivity index (χ0n) is 11.1. The molecule has 0 aromatic heterocycles. The fourth-order valence-corrected chi connectivity index (χ4v) is 2.13. The van der Waals surface area contributed by atoms with Crippen molar-refractivity contribution in [2.75, 3.05) is 0 Å². The van der Waals surface area contributed by atoms with Crippen molar-refractivity contribution in [2.45, 2.75) is 26.8 Å². The second kappa shape index (κ2) is 6.56. The van der Waals surface area contributed by atoms with E-state index < -0.39 is 6.04 Å². The SMILES string of the molecule is Cc1cccc(C(=O)NC(/C(N)=N/O)C(C)C)c1Br. The van der Waals surface area contributed by atoms with Crippen LogP contribution in [0.5, 0.6) is 0 Å². The van der Waals surface area contributed by atoms with E-state index in [9.17, 15) is 4.79 Å². The fraction of sp³-hybridized carbons (Fsp3) is 0.385. The number of nitrogens with two attached hydrogens (primary N) is 1. The van der Waals surface area contributed by atoms with Gasteiger partial charge in [0, 0.05) is 4.47 Å². The maximum atomic E-state index is 12.2. The van der Waals surface area contributed by atoms with Gasteiger partial charge in [0.25, 0.3) is 5.91 Å². The maximum Gasteiger partial charge on any atom is 0.253 e. The van der Waals surface area contributed by atoms with Crippen LogP contribution >= 0.6 is 15.9 Å². The Labute approximate surface area is 121 Å². The number of oxime groups is 1. The minimum Gasteiger partial charge on any atom is -0.409 e. The molecule has 0 aliphatic heterocycles. The molecule has 0 spiro atoms. The standard InChI is InChI=1S/C13H18BrN3O2/c1-7(2)11(12(15)17-19)16-13(18)9-6-4-5-8(3)10(9)14/h4-7,11,19H,1-3H3,(H2,15,17)(H,16,18). The number of carbonyl (C=O) groups excluding carboxylic acids is 1. The number of hydrogen-bond acceptors (Lipinski definition) is 3. The summed E-state index contributed by atoms with van der Waals surface area (Å²) in [7, 11) is 0. The predicted molar refractivity (Wildman–Crippen MR) is 78.4 cm³/mol. The van der Waals surface area contributed by atoms with Crippen LogP contribution < -0.4 is 11.1 Å². The van der Waals surface area contributed by atoms with Crippen LogP contribution in [0, 0.1) is 12.8 Å². The van der Waals surface area contributed by atoms with Crippen LogP contribution in [0.1, 0.15) is 29.8 Å². The Balaban J connectivity index is 2.98. The summed E-state index contributed by atoms with van der Waals surface area (Å²) in [5.41, 5.74) is 7.08. The van der Waals surface area contributed by atoms with Crippen molar-refractivity contribution >= 4 is 27.7 Å². The summed E-state index contributed by atoms with van der Waals surface area (Å²) in [5.74, 6) is -0.253. The highest BCUT2D eigenvalue weighted by Crippen LogP contribution is 2.21. The molecule has 4 N–H and O–H groups in total. The molecule has 5 nitrogen and oxygen atoms in total. The Hall–Kier alpha value is -1.56. The van der Waals surface area contributed by atoms with Gasteiger partial charge in [-0.2, -0.15) is 0 Å². The number of carbonyl (C=O) groups is 1. The molecule has 1 amide bonds. The molecule has 0 saturated heterocycles.